The lowest BCUT2D eigenvalue weighted by Gasteiger charge is -2.10. The largest absolute Gasteiger partial charge is 0.496 e. The van der Waals surface area contributed by atoms with Crippen LogP contribution in [0.1, 0.15) is 21.6 Å². The second-order valence-corrected chi connectivity index (χ2v) is 6.49. The maximum atomic E-state index is 12.4. The average molecular weight is 370 g/mol. The molecule has 0 aliphatic carbocycles. The molecule has 2 aromatic heterocycles. The first-order valence-corrected chi connectivity index (χ1v) is 9.13. The zero-order valence-electron chi connectivity index (χ0n) is 14.7. The Hall–Kier alpha value is -2.80. The van der Waals surface area contributed by atoms with Gasteiger partial charge >= 0.3 is 5.97 Å². The maximum absolute atomic E-state index is 12.4. The number of nitrogens with zero attached hydrogens (tertiary/aromatic N) is 2. The minimum absolute atomic E-state index is 0.0909. The molecule has 0 unspecified atom stereocenters. The normalized spacial score (nSPS) is 10.7. The maximum Gasteiger partial charge on any atom is 0.342 e. The Morgan fingerprint density at radius 3 is 2.81 bits per heavy atom. The molecular weight excluding hydrogens is 352 g/mol. The van der Waals surface area contributed by atoms with Gasteiger partial charge in [-0.3, -0.25) is 9.20 Å². The number of pyridine rings is 1. The Balaban J connectivity index is 1.83. The Kier molecular flexibility index (Phi) is 5.27. The number of hydrogen-bond donors (Lipinski definition) is 0. The van der Waals surface area contributed by atoms with Crippen LogP contribution >= 0.6 is 11.8 Å². The Bertz CT molecular complexity index is 1030. The van der Waals surface area contributed by atoms with Gasteiger partial charge in [-0.15, -0.1) is 11.8 Å². The number of rotatable bonds is 5. The van der Waals surface area contributed by atoms with Crippen LogP contribution in [0.3, 0.4) is 0 Å². The lowest BCUT2D eigenvalue weighted by molar-refractivity contribution is 0.0464. The van der Waals surface area contributed by atoms with Gasteiger partial charge in [0.25, 0.3) is 5.56 Å². The van der Waals surface area contributed by atoms with Crippen molar-refractivity contribution in [3.8, 4) is 5.75 Å². The minimum Gasteiger partial charge on any atom is -0.496 e. The van der Waals surface area contributed by atoms with E-state index in [2.05, 4.69) is 4.98 Å². The zero-order valence-corrected chi connectivity index (χ0v) is 15.5. The number of benzene rings is 1. The van der Waals surface area contributed by atoms with E-state index in [1.807, 2.05) is 25.3 Å². The third-order valence-corrected chi connectivity index (χ3v) is 4.64. The highest BCUT2D eigenvalue weighted by atomic mass is 32.2. The second-order valence-electron chi connectivity index (χ2n) is 5.61. The van der Waals surface area contributed by atoms with Gasteiger partial charge in [0.2, 0.25) is 0 Å². The number of carbonyl (C=O) groups excluding carboxylic acids is 1. The van der Waals surface area contributed by atoms with E-state index in [9.17, 15) is 9.59 Å². The number of esters is 1. The van der Waals surface area contributed by atoms with Crippen molar-refractivity contribution in [1.82, 2.24) is 9.38 Å². The van der Waals surface area contributed by atoms with Crippen molar-refractivity contribution in [3.05, 3.63) is 69.8 Å². The highest BCUT2D eigenvalue weighted by Gasteiger charge is 2.15. The molecule has 0 spiro atoms. The van der Waals surface area contributed by atoms with Crippen LogP contribution in [-0.4, -0.2) is 28.7 Å². The van der Waals surface area contributed by atoms with Gasteiger partial charge in [-0.1, -0.05) is 6.07 Å². The van der Waals surface area contributed by atoms with E-state index in [0.717, 1.165) is 10.5 Å². The van der Waals surface area contributed by atoms with E-state index in [0.29, 0.717) is 22.7 Å². The van der Waals surface area contributed by atoms with Crippen LogP contribution in [0.25, 0.3) is 5.65 Å². The monoisotopic (exact) mass is 370 g/mol. The molecule has 0 radical (unpaired) electrons. The van der Waals surface area contributed by atoms with Crippen LogP contribution in [0.5, 0.6) is 5.75 Å². The molecule has 1 aromatic carbocycles. The van der Waals surface area contributed by atoms with Crippen molar-refractivity contribution in [3.63, 3.8) is 0 Å². The van der Waals surface area contributed by atoms with E-state index in [1.165, 1.54) is 17.6 Å². The van der Waals surface area contributed by atoms with Gasteiger partial charge in [0.1, 0.15) is 23.6 Å². The molecule has 26 heavy (non-hydrogen) atoms. The first-order valence-electron chi connectivity index (χ1n) is 7.90. The number of methoxy groups -OCH3 is 1. The first-order chi connectivity index (χ1) is 12.5. The molecule has 0 N–H and O–H groups in total. The molecule has 0 atom stereocenters. The van der Waals surface area contributed by atoms with Gasteiger partial charge in [-0.2, -0.15) is 0 Å². The summed E-state index contributed by atoms with van der Waals surface area (Å²) in [7, 11) is 1.50. The molecule has 0 fully saturated rings. The molecule has 2 heterocycles. The summed E-state index contributed by atoms with van der Waals surface area (Å²) in [6.45, 7) is 1.78. The molecule has 6 nitrogen and oxygen atoms in total. The van der Waals surface area contributed by atoms with E-state index >= 15 is 0 Å². The molecule has 0 saturated heterocycles. The van der Waals surface area contributed by atoms with Crippen molar-refractivity contribution < 1.29 is 14.3 Å². The fourth-order valence-corrected chi connectivity index (χ4v) is 3.00. The highest BCUT2D eigenvalue weighted by molar-refractivity contribution is 7.98. The standard InChI is InChI=1S/C19H18N2O4S/c1-12-5-4-8-21-17(22)9-13(20-18(12)21)11-25-19(23)15-7-6-14(26-3)10-16(15)24-2/h4-10H,11H2,1-3H3. The lowest BCUT2D eigenvalue weighted by atomic mass is 10.2. The predicted octanol–water partition coefficient (Wildman–Crippen LogP) is 3.09. The van der Waals surface area contributed by atoms with Crippen molar-refractivity contribution in [2.45, 2.75) is 18.4 Å². The molecule has 0 aliphatic rings. The molecule has 7 heteroatoms. The average Bonchev–Trinajstić information content (AvgIpc) is 2.66. The number of thioether (sulfide) groups is 1. The molecular formula is C19H18N2O4S. The molecule has 0 bridgehead atoms. The second kappa shape index (κ2) is 7.61. The summed E-state index contributed by atoms with van der Waals surface area (Å²) in [5, 5.41) is 0. The summed E-state index contributed by atoms with van der Waals surface area (Å²) < 4.78 is 12.1. The number of ether oxygens (including phenoxy) is 2. The summed E-state index contributed by atoms with van der Waals surface area (Å²) in [6.07, 6.45) is 3.60. The summed E-state index contributed by atoms with van der Waals surface area (Å²) in [4.78, 5) is 30.0. The molecule has 0 saturated carbocycles. The van der Waals surface area contributed by atoms with Crippen LogP contribution in [0.2, 0.25) is 0 Å². The van der Waals surface area contributed by atoms with Gasteiger partial charge in [-0.25, -0.2) is 9.78 Å². The summed E-state index contributed by atoms with van der Waals surface area (Å²) in [5.74, 6) is -0.0782. The van der Waals surface area contributed by atoms with Gasteiger partial charge in [0, 0.05) is 17.2 Å². The Morgan fingerprint density at radius 2 is 2.08 bits per heavy atom. The smallest absolute Gasteiger partial charge is 0.342 e. The fraction of sp³-hybridized carbons (Fsp3) is 0.211. The molecule has 3 rings (SSSR count). The number of carbonyl (C=O) groups is 1. The van der Waals surface area contributed by atoms with Crippen molar-refractivity contribution >= 4 is 23.4 Å². The van der Waals surface area contributed by atoms with Gasteiger partial charge in [-0.05, 0) is 43.0 Å². The zero-order chi connectivity index (χ0) is 18.7. The fourth-order valence-electron chi connectivity index (χ4n) is 2.57. The number of aromatic nitrogens is 2. The predicted molar refractivity (Wildman–Crippen MR) is 100 cm³/mol. The number of fused-ring (bicyclic) bond motifs is 1. The van der Waals surface area contributed by atoms with Gasteiger partial charge in [0.05, 0.1) is 12.8 Å². The van der Waals surface area contributed by atoms with Gasteiger partial charge < -0.3 is 9.47 Å². The number of aryl methyl sites for hydroxylation is 1. The Labute approximate surface area is 154 Å². The third kappa shape index (κ3) is 3.57. The van der Waals surface area contributed by atoms with Crippen LogP contribution in [0.15, 0.2) is 52.3 Å². The molecule has 3 aromatic rings. The molecule has 0 amide bonds. The third-order valence-electron chi connectivity index (χ3n) is 3.92. The van der Waals surface area contributed by atoms with Crippen LogP contribution in [-0.2, 0) is 11.3 Å². The van der Waals surface area contributed by atoms with E-state index < -0.39 is 5.97 Å². The van der Waals surface area contributed by atoms with E-state index in [-0.39, 0.29) is 12.2 Å². The number of hydrogen-bond acceptors (Lipinski definition) is 6. The van der Waals surface area contributed by atoms with Crippen molar-refractivity contribution in [1.29, 1.82) is 0 Å². The summed E-state index contributed by atoms with van der Waals surface area (Å²) in [6, 6.07) is 10.3. The molecule has 134 valence electrons. The lowest BCUT2D eigenvalue weighted by Crippen LogP contribution is -2.17. The minimum atomic E-state index is -0.527. The topological polar surface area (TPSA) is 69.9 Å². The first kappa shape index (κ1) is 18.0. The van der Waals surface area contributed by atoms with Gasteiger partial charge in [0.15, 0.2) is 0 Å². The van der Waals surface area contributed by atoms with Crippen molar-refractivity contribution in [2.24, 2.45) is 0 Å². The van der Waals surface area contributed by atoms with Crippen LogP contribution < -0.4 is 10.3 Å². The van der Waals surface area contributed by atoms with E-state index in [4.69, 9.17) is 9.47 Å². The van der Waals surface area contributed by atoms with Crippen LogP contribution in [0, 0.1) is 6.92 Å². The summed E-state index contributed by atoms with van der Waals surface area (Å²) in [5.41, 5.74) is 1.93. The SMILES string of the molecule is COc1cc(SC)ccc1C(=O)OCc1cc(=O)n2cccc(C)c2n1. The quantitative estimate of drug-likeness (QED) is 0.508. The Morgan fingerprint density at radius 1 is 1.27 bits per heavy atom. The summed E-state index contributed by atoms with van der Waals surface area (Å²) >= 11 is 1.55. The van der Waals surface area contributed by atoms with Crippen LogP contribution in [0.4, 0.5) is 0 Å². The van der Waals surface area contributed by atoms with Crippen molar-refractivity contribution in [2.75, 3.05) is 13.4 Å². The molecule has 0 aliphatic heterocycles. The van der Waals surface area contributed by atoms with E-state index in [1.54, 1.807) is 36.2 Å². The highest BCUT2D eigenvalue weighted by Crippen LogP contribution is 2.26.